The molecule has 1 atom stereocenters. The van der Waals surface area contributed by atoms with Gasteiger partial charge in [0.1, 0.15) is 11.5 Å². The summed E-state index contributed by atoms with van der Waals surface area (Å²) in [4.78, 5) is 11.2. The van der Waals surface area contributed by atoms with E-state index in [4.69, 9.17) is 10.3 Å². The van der Waals surface area contributed by atoms with Gasteiger partial charge in [0.2, 0.25) is 5.91 Å². The zero-order chi connectivity index (χ0) is 13.1. The largest absolute Gasteiger partial charge is 0.369 e. The molecular formula is C14H16N2O2. The highest BCUT2D eigenvalue weighted by Gasteiger charge is 2.19. The molecule has 0 bridgehead atoms. The van der Waals surface area contributed by atoms with Gasteiger partial charge in [0.15, 0.2) is 0 Å². The Morgan fingerprint density at radius 1 is 1.39 bits per heavy atom. The van der Waals surface area contributed by atoms with Crippen LogP contribution < -0.4 is 5.73 Å². The fourth-order valence-corrected chi connectivity index (χ4v) is 1.86. The monoisotopic (exact) mass is 244 g/mol. The molecule has 0 aliphatic heterocycles. The van der Waals surface area contributed by atoms with Gasteiger partial charge < -0.3 is 10.3 Å². The summed E-state index contributed by atoms with van der Waals surface area (Å²) in [5.41, 5.74) is 8.03. The van der Waals surface area contributed by atoms with Crippen LogP contribution in [-0.4, -0.2) is 11.1 Å². The van der Waals surface area contributed by atoms with Gasteiger partial charge >= 0.3 is 0 Å². The molecule has 1 amide bonds. The molecule has 2 aromatic rings. The molecule has 0 aliphatic carbocycles. The lowest BCUT2D eigenvalue weighted by Gasteiger charge is -2.07. The fraction of sp³-hybridized carbons (Fsp3) is 0.286. The molecule has 0 saturated carbocycles. The highest BCUT2D eigenvalue weighted by molar-refractivity contribution is 5.77. The van der Waals surface area contributed by atoms with Crippen molar-refractivity contribution in [3.05, 3.63) is 41.7 Å². The van der Waals surface area contributed by atoms with E-state index >= 15 is 0 Å². The zero-order valence-electron chi connectivity index (χ0n) is 10.5. The first-order valence-corrected chi connectivity index (χ1v) is 5.89. The molecule has 0 saturated heterocycles. The summed E-state index contributed by atoms with van der Waals surface area (Å²) >= 11 is 0. The number of rotatable bonds is 4. The first-order chi connectivity index (χ1) is 8.59. The average Bonchev–Trinajstić information content (AvgIpc) is 2.72. The van der Waals surface area contributed by atoms with Gasteiger partial charge in [0, 0.05) is 17.0 Å². The minimum atomic E-state index is -0.311. The number of amides is 1. The zero-order valence-corrected chi connectivity index (χ0v) is 10.5. The molecule has 4 heteroatoms. The first-order valence-electron chi connectivity index (χ1n) is 5.89. The normalized spacial score (nSPS) is 12.3. The van der Waals surface area contributed by atoms with Crippen molar-refractivity contribution in [1.29, 1.82) is 0 Å². The second-order valence-electron chi connectivity index (χ2n) is 4.44. The maximum absolute atomic E-state index is 11.2. The molecule has 1 aromatic carbocycles. The second-order valence-corrected chi connectivity index (χ2v) is 4.44. The third-order valence-electron chi connectivity index (χ3n) is 3.03. The lowest BCUT2D eigenvalue weighted by Crippen LogP contribution is -2.22. The van der Waals surface area contributed by atoms with E-state index in [0.717, 1.165) is 22.6 Å². The number of hydrogen-bond acceptors (Lipinski definition) is 3. The van der Waals surface area contributed by atoms with Crippen LogP contribution in [0.4, 0.5) is 0 Å². The second kappa shape index (κ2) is 5.04. The number of aryl methyl sites for hydroxylation is 1. The van der Waals surface area contributed by atoms with Crippen molar-refractivity contribution >= 4 is 5.91 Å². The van der Waals surface area contributed by atoms with Gasteiger partial charge in [-0.05, 0) is 13.3 Å². The molecular weight excluding hydrogens is 228 g/mol. The summed E-state index contributed by atoms with van der Waals surface area (Å²) in [5, 5.41) is 4.07. The molecule has 18 heavy (non-hydrogen) atoms. The van der Waals surface area contributed by atoms with Crippen LogP contribution in [0.15, 0.2) is 34.9 Å². The van der Waals surface area contributed by atoms with E-state index in [1.54, 1.807) is 0 Å². The Labute approximate surface area is 106 Å². The van der Waals surface area contributed by atoms with Gasteiger partial charge in [-0.1, -0.05) is 42.4 Å². The lowest BCUT2D eigenvalue weighted by atomic mass is 9.96. The van der Waals surface area contributed by atoms with Crippen LogP contribution in [0.3, 0.4) is 0 Å². The molecule has 2 rings (SSSR count). The average molecular weight is 244 g/mol. The number of hydrogen-bond donors (Lipinski definition) is 1. The molecule has 1 heterocycles. The summed E-state index contributed by atoms with van der Waals surface area (Å²) in [6.45, 7) is 3.66. The van der Waals surface area contributed by atoms with Crippen LogP contribution in [0, 0.1) is 12.8 Å². The van der Waals surface area contributed by atoms with E-state index in [1.807, 2.05) is 44.2 Å². The van der Waals surface area contributed by atoms with Gasteiger partial charge in [-0.2, -0.15) is 0 Å². The molecule has 1 aromatic heterocycles. The van der Waals surface area contributed by atoms with E-state index in [9.17, 15) is 4.79 Å². The van der Waals surface area contributed by atoms with Crippen LogP contribution >= 0.6 is 0 Å². The number of carbonyl (C=O) groups is 1. The van der Waals surface area contributed by atoms with Crippen molar-refractivity contribution in [2.75, 3.05) is 0 Å². The third kappa shape index (κ3) is 2.42. The van der Waals surface area contributed by atoms with Crippen molar-refractivity contribution in [1.82, 2.24) is 5.16 Å². The van der Waals surface area contributed by atoms with Gasteiger partial charge in [-0.15, -0.1) is 0 Å². The van der Waals surface area contributed by atoms with Gasteiger partial charge in [0.25, 0.3) is 0 Å². The SMILES string of the molecule is Cc1onc(-c2ccccc2)c1CC(C)C(N)=O. The summed E-state index contributed by atoms with van der Waals surface area (Å²) in [7, 11) is 0. The van der Waals surface area contributed by atoms with Crippen LogP contribution in [0.2, 0.25) is 0 Å². The maximum atomic E-state index is 11.2. The smallest absolute Gasteiger partial charge is 0.220 e. The van der Waals surface area contributed by atoms with Crippen LogP contribution in [0.25, 0.3) is 11.3 Å². The third-order valence-corrected chi connectivity index (χ3v) is 3.03. The summed E-state index contributed by atoms with van der Waals surface area (Å²) in [6, 6.07) is 9.77. The van der Waals surface area contributed by atoms with Gasteiger partial charge in [-0.25, -0.2) is 0 Å². The highest BCUT2D eigenvalue weighted by atomic mass is 16.5. The quantitative estimate of drug-likeness (QED) is 0.897. The molecule has 4 nitrogen and oxygen atoms in total. The van der Waals surface area contributed by atoms with Crippen molar-refractivity contribution in [2.45, 2.75) is 20.3 Å². The van der Waals surface area contributed by atoms with E-state index < -0.39 is 0 Å². The summed E-state index contributed by atoms with van der Waals surface area (Å²) < 4.78 is 5.23. The number of nitrogens with two attached hydrogens (primary N) is 1. The number of benzene rings is 1. The standard InChI is InChI=1S/C14H16N2O2/c1-9(14(15)17)8-12-10(2)18-16-13(12)11-6-4-3-5-7-11/h3-7,9H,8H2,1-2H3,(H2,15,17). The molecule has 0 aliphatic rings. The van der Waals surface area contributed by atoms with E-state index in [2.05, 4.69) is 5.16 Å². The minimum absolute atomic E-state index is 0.231. The van der Waals surface area contributed by atoms with Crippen LogP contribution in [0.1, 0.15) is 18.2 Å². The number of nitrogens with zero attached hydrogens (tertiary/aromatic N) is 1. The van der Waals surface area contributed by atoms with Crippen molar-refractivity contribution < 1.29 is 9.32 Å². The number of primary amides is 1. The fourth-order valence-electron chi connectivity index (χ4n) is 1.86. The molecule has 1 unspecified atom stereocenters. The Morgan fingerprint density at radius 2 is 2.06 bits per heavy atom. The summed E-state index contributed by atoms with van der Waals surface area (Å²) in [6.07, 6.45) is 0.550. The Kier molecular flexibility index (Phi) is 3.46. The summed E-state index contributed by atoms with van der Waals surface area (Å²) in [5.74, 6) is 0.196. The number of carbonyl (C=O) groups excluding carboxylic acids is 1. The van der Waals surface area contributed by atoms with Crippen molar-refractivity contribution in [3.8, 4) is 11.3 Å². The van der Waals surface area contributed by atoms with Crippen molar-refractivity contribution in [3.63, 3.8) is 0 Å². The van der Waals surface area contributed by atoms with Gasteiger partial charge in [0.05, 0.1) is 0 Å². The lowest BCUT2D eigenvalue weighted by molar-refractivity contribution is -0.121. The Hall–Kier alpha value is -2.10. The van der Waals surface area contributed by atoms with E-state index in [1.165, 1.54) is 0 Å². The minimum Gasteiger partial charge on any atom is -0.369 e. The molecule has 0 fully saturated rings. The van der Waals surface area contributed by atoms with Crippen LogP contribution in [0.5, 0.6) is 0 Å². The Balaban J connectivity index is 2.36. The molecule has 2 N–H and O–H groups in total. The van der Waals surface area contributed by atoms with E-state index in [0.29, 0.717) is 6.42 Å². The van der Waals surface area contributed by atoms with Crippen molar-refractivity contribution in [2.24, 2.45) is 11.7 Å². The molecule has 94 valence electrons. The maximum Gasteiger partial charge on any atom is 0.220 e. The topological polar surface area (TPSA) is 69.1 Å². The van der Waals surface area contributed by atoms with E-state index in [-0.39, 0.29) is 11.8 Å². The molecule has 0 radical (unpaired) electrons. The van der Waals surface area contributed by atoms with Crippen LogP contribution in [-0.2, 0) is 11.2 Å². The van der Waals surface area contributed by atoms with Gasteiger partial charge in [-0.3, -0.25) is 4.79 Å². The predicted molar refractivity (Wildman–Crippen MR) is 68.7 cm³/mol. The Morgan fingerprint density at radius 3 is 2.67 bits per heavy atom. The highest BCUT2D eigenvalue weighted by Crippen LogP contribution is 2.27. The predicted octanol–water partition coefficient (Wildman–Crippen LogP) is 2.31. The number of aromatic nitrogens is 1. The Bertz CT molecular complexity index is 546. The first kappa shape index (κ1) is 12.4. The molecule has 0 spiro atoms.